The molecule has 1 saturated heterocycles. The van der Waals surface area contributed by atoms with Gasteiger partial charge in [0.2, 0.25) is 0 Å². The van der Waals surface area contributed by atoms with Gasteiger partial charge in [0.1, 0.15) is 6.10 Å². The van der Waals surface area contributed by atoms with Crippen molar-refractivity contribution >= 4 is 29.9 Å². The molecule has 2 heterocycles. The van der Waals surface area contributed by atoms with Gasteiger partial charge in [0, 0.05) is 39.1 Å². The third-order valence-corrected chi connectivity index (χ3v) is 4.78. The van der Waals surface area contributed by atoms with Crippen LogP contribution in [0.5, 0.6) is 0 Å². The predicted octanol–water partition coefficient (Wildman–Crippen LogP) is 3.09. The average Bonchev–Trinajstić information content (AvgIpc) is 3.16. The first-order valence-electron chi connectivity index (χ1n) is 9.27. The summed E-state index contributed by atoms with van der Waals surface area (Å²) in [6.45, 7) is 8.50. The van der Waals surface area contributed by atoms with Crippen LogP contribution in [0.3, 0.4) is 0 Å². The maximum atomic E-state index is 6.03. The molecule has 0 amide bonds. The van der Waals surface area contributed by atoms with E-state index < -0.39 is 0 Å². The zero-order valence-electron chi connectivity index (χ0n) is 16.3. The van der Waals surface area contributed by atoms with E-state index >= 15 is 0 Å². The highest BCUT2D eigenvalue weighted by Gasteiger charge is 2.25. The van der Waals surface area contributed by atoms with Crippen LogP contribution in [-0.4, -0.2) is 53.9 Å². The van der Waals surface area contributed by atoms with Crippen molar-refractivity contribution in [3.8, 4) is 0 Å². The second-order valence-electron chi connectivity index (χ2n) is 6.92. The molecule has 6 nitrogen and oxygen atoms in total. The van der Waals surface area contributed by atoms with Crippen LogP contribution in [0.4, 0.5) is 0 Å². The third-order valence-electron chi connectivity index (χ3n) is 4.78. The molecular formula is C20H30IN5O. The second-order valence-corrected chi connectivity index (χ2v) is 6.92. The number of guanidine groups is 1. The van der Waals surface area contributed by atoms with Crippen LogP contribution in [-0.2, 0) is 11.3 Å². The molecule has 3 rings (SSSR count). The minimum atomic E-state index is 0. The van der Waals surface area contributed by atoms with Crippen molar-refractivity contribution < 1.29 is 4.74 Å². The molecular weight excluding hydrogens is 453 g/mol. The fourth-order valence-corrected chi connectivity index (χ4v) is 3.37. The van der Waals surface area contributed by atoms with Crippen molar-refractivity contribution in [2.75, 3.05) is 33.3 Å². The number of aliphatic imine (C=N–C) groups is 1. The highest BCUT2D eigenvalue weighted by molar-refractivity contribution is 14.0. The molecule has 1 N–H and O–H groups in total. The molecule has 27 heavy (non-hydrogen) atoms. The summed E-state index contributed by atoms with van der Waals surface area (Å²) in [4.78, 5) is 6.78. The van der Waals surface area contributed by atoms with Crippen LogP contribution in [0.25, 0.3) is 0 Å². The van der Waals surface area contributed by atoms with E-state index in [1.807, 2.05) is 30.2 Å². The number of hydrogen-bond donors (Lipinski definition) is 1. The van der Waals surface area contributed by atoms with Crippen LogP contribution < -0.4 is 5.32 Å². The minimum absolute atomic E-state index is 0. The maximum absolute atomic E-state index is 6.03. The standard InChI is InChI=1S/C20H29N5O.HI/c1-16(14-25-10-6-9-23-25)13-22-20(21-3)24-11-12-26-19(15-24)18-8-5-4-7-17(18)2;/h4-10,16,19H,11-15H2,1-3H3,(H,21,22);1H. The number of ether oxygens (including phenoxy) is 1. The number of nitrogens with one attached hydrogen (secondary N) is 1. The molecule has 1 aliphatic rings. The number of morpholine rings is 1. The topological polar surface area (TPSA) is 54.7 Å². The summed E-state index contributed by atoms with van der Waals surface area (Å²) in [5.74, 6) is 1.40. The normalized spacial score (nSPS) is 18.7. The molecule has 0 radical (unpaired) electrons. The van der Waals surface area contributed by atoms with Crippen LogP contribution in [0, 0.1) is 12.8 Å². The van der Waals surface area contributed by atoms with E-state index in [-0.39, 0.29) is 30.1 Å². The first kappa shape index (κ1) is 21.7. The Kier molecular flexibility index (Phi) is 8.56. The Bertz CT molecular complexity index is 719. The maximum Gasteiger partial charge on any atom is 0.193 e. The minimum Gasteiger partial charge on any atom is -0.370 e. The average molecular weight is 483 g/mol. The Morgan fingerprint density at radius 3 is 2.89 bits per heavy atom. The van der Waals surface area contributed by atoms with E-state index in [0.29, 0.717) is 12.5 Å². The number of hydrogen-bond acceptors (Lipinski definition) is 3. The summed E-state index contributed by atoms with van der Waals surface area (Å²) < 4.78 is 8.00. The lowest BCUT2D eigenvalue weighted by Gasteiger charge is -2.36. The molecule has 1 aromatic heterocycles. The van der Waals surface area contributed by atoms with Crippen LogP contribution in [0.1, 0.15) is 24.2 Å². The van der Waals surface area contributed by atoms with Gasteiger partial charge in [0.25, 0.3) is 0 Å². The fourth-order valence-electron chi connectivity index (χ4n) is 3.37. The number of aromatic nitrogens is 2. The summed E-state index contributed by atoms with van der Waals surface area (Å²) in [5, 5.41) is 7.79. The Hall–Kier alpha value is -1.61. The summed E-state index contributed by atoms with van der Waals surface area (Å²) >= 11 is 0. The molecule has 2 unspecified atom stereocenters. The molecule has 2 aromatic rings. The van der Waals surface area contributed by atoms with Gasteiger partial charge in [0.15, 0.2) is 5.96 Å². The smallest absolute Gasteiger partial charge is 0.193 e. The molecule has 148 valence electrons. The first-order chi connectivity index (χ1) is 12.7. The lowest BCUT2D eigenvalue weighted by molar-refractivity contribution is -0.00836. The van der Waals surface area contributed by atoms with Gasteiger partial charge in [-0.15, -0.1) is 24.0 Å². The first-order valence-corrected chi connectivity index (χ1v) is 9.27. The number of rotatable bonds is 5. The molecule has 2 atom stereocenters. The lowest BCUT2D eigenvalue weighted by atomic mass is 10.0. The van der Waals surface area contributed by atoms with E-state index in [1.165, 1.54) is 11.1 Å². The van der Waals surface area contributed by atoms with Gasteiger partial charge in [-0.05, 0) is 30.0 Å². The molecule has 0 saturated carbocycles. The summed E-state index contributed by atoms with van der Waals surface area (Å²) in [7, 11) is 1.85. The van der Waals surface area contributed by atoms with E-state index in [9.17, 15) is 0 Å². The molecule has 7 heteroatoms. The van der Waals surface area contributed by atoms with E-state index in [4.69, 9.17) is 4.74 Å². The summed E-state index contributed by atoms with van der Waals surface area (Å²) in [5.41, 5.74) is 2.54. The van der Waals surface area contributed by atoms with Crippen LogP contribution in [0.2, 0.25) is 0 Å². The van der Waals surface area contributed by atoms with Gasteiger partial charge in [0.05, 0.1) is 13.2 Å². The quantitative estimate of drug-likeness (QED) is 0.404. The molecule has 1 fully saturated rings. The van der Waals surface area contributed by atoms with Crippen molar-refractivity contribution in [1.29, 1.82) is 0 Å². The molecule has 0 spiro atoms. The SMILES string of the molecule is CN=C(NCC(C)Cn1cccn1)N1CCOC(c2ccccc2C)C1.I. The van der Waals surface area contributed by atoms with Gasteiger partial charge >= 0.3 is 0 Å². The molecule has 0 aliphatic carbocycles. The number of aryl methyl sites for hydroxylation is 1. The van der Waals surface area contributed by atoms with E-state index in [2.05, 4.69) is 58.4 Å². The molecule has 1 aliphatic heterocycles. The molecule has 1 aromatic carbocycles. The van der Waals surface area contributed by atoms with E-state index in [0.717, 1.165) is 32.1 Å². The third kappa shape index (κ3) is 5.93. The second kappa shape index (κ2) is 10.7. The lowest BCUT2D eigenvalue weighted by Crippen LogP contribution is -2.49. The summed E-state index contributed by atoms with van der Waals surface area (Å²) in [6, 6.07) is 10.4. The highest BCUT2D eigenvalue weighted by Crippen LogP contribution is 2.24. The number of nitrogens with zero attached hydrogens (tertiary/aromatic N) is 4. The Balaban J connectivity index is 0.00000261. The highest BCUT2D eigenvalue weighted by atomic mass is 127. The van der Waals surface area contributed by atoms with Crippen molar-refractivity contribution in [1.82, 2.24) is 20.0 Å². The van der Waals surface area contributed by atoms with Gasteiger partial charge in [-0.3, -0.25) is 9.67 Å². The van der Waals surface area contributed by atoms with Crippen molar-refractivity contribution in [3.63, 3.8) is 0 Å². The van der Waals surface area contributed by atoms with Gasteiger partial charge < -0.3 is 15.0 Å². The Morgan fingerprint density at radius 1 is 1.37 bits per heavy atom. The Morgan fingerprint density at radius 2 is 2.19 bits per heavy atom. The Labute approximate surface area is 179 Å². The van der Waals surface area contributed by atoms with Gasteiger partial charge in [-0.25, -0.2) is 0 Å². The monoisotopic (exact) mass is 483 g/mol. The van der Waals surface area contributed by atoms with Gasteiger partial charge in [-0.1, -0.05) is 31.2 Å². The van der Waals surface area contributed by atoms with Crippen molar-refractivity contribution in [2.45, 2.75) is 26.5 Å². The van der Waals surface area contributed by atoms with Crippen molar-refractivity contribution in [2.24, 2.45) is 10.9 Å². The zero-order valence-corrected chi connectivity index (χ0v) is 18.7. The van der Waals surface area contributed by atoms with E-state index in [1.54, 1.807) is 0 Å². The van der Waals surface area contributed by atoms with Crippen molar-refractivity contribution in [3.05, 3.63) is 53.9 Å². The molecule has 0 bridgehead atoms. The van der Waals surface area contributed by atoms with Gasteiger partial charge in [-0.2, -0.15) is 5.10 Å². The van der Waals surface area contributed by atoms with Crippen LogP contribution >= 0.6 is 24.0 Å². The largest absolute Gasteiger partial charge is 0.370 e. The predicted molar refractivity (Wildman–Crippen MR) is 120 cm³/mol. The number of benzene rings is 1. The fraction of sp³-hybridized carbons (Fsp3) is 0.500. The summed E-state index contributed by atoms with van der Waals surface area (Å²) in [6.07, 6.45) is 3.91. The number of halogens is 1. The zero-order chi connectivity index (χ0) is 18.4. The van der Waals surface area contributed by atoms with Crippen LogP contribution in [0.15, 0.2) is 47.7 Å².